The number of rotatable bonds is 8. The molecule has 0 aliphatic carbocycles. The smallest absolute Gasteiger partial charge is 0.273 e. The van der Waals surface area contributed by atoms with Crippen LogP contribution >= 0.6 is 0 Å². The number of nitrogens with zero attached hydrogens (tertiary/aromatic N) is 8. The topological polar surface area (TPSA) is 133 Å². The molecule has 38 heavy (non-hydrogen) atoms. The number of amides is 1. The van der Waals surface area contributed by atoms with Gasteiger partial charge in [0.15, 0.2) is 5.65 Å². The number of benzene rings is 1. The predicted molar refractivity (Wildman–Crippen MR) is 146 cm³/mol. The monoisotopic (exact) mass is 510 g/mol. The average Bonchev–Trinajstić information content (AvgIpc) is 3.51. The Morgan fingerprint density at radius 2 is 1.71 bits per heavy atom. The zero-order valence-corrected chi connectivity index (χ0v) is 21.9. The molecule has 4 heterocycles. The molecule has 0 bridgehead atoms. The Morgan fingerprint density at radius 1 is 1.00 bits per heavy atom. The minimum atomic E-state index is -0.110. The van der Waals surface area contributed by atoms with Crippen LogP contribution in [-0.2, 0) is 19.6 Å². The number of nitrogen functional groups attached to an aromatic ring is 1. The Balaban J connectivity index is 1.26. The Hall–Kier alpha value is -4.80. The second-order valence-electron chi connectivity index (χ2n) is 9.48. The van der Waals surface area contributed by atoms with Gasteiger partial charge in [0.1, 0.15) is 23.7 Å². The molecule has 0 spiro atoms. The predicted octanol–water partition coefficient (Wildman–Crippen LogP) is 3.03. The van der Waals surface area contributed by atoms with Crippen molar-refractivity contribution < 1.29 is 4.79 Å². The van der Waals surface area contributed by atoms with Crippen LogP contribution in [0.15, 0.2) is 55.1 Å². The fourth-order valence-electron chi connectivity index (χ4n) is 4.35. The number of hydrogen-bond acceptors (Lipinski definition) is 8. The lowest BCUT2D eigenvalue weighted by Gasteiger charge is -2.12. The molecule has 1 aromatic carbocycles. The van der Waals surface area contributed by atoms with Gasteiger partial charge in [-0.05, 0) is 48.2 Å². The zero-order valence-electron chi connectivity index (χ0n) is 21.9. The van der Waals surface area contributed by atoms with Crippen molar-refractivity contribution in [2.24, 2.45) is 0 Å². The van der Waals surface area contributed by atoms with Crippen molar-refractivity contribution in [1.82, 2.24) is 39.4 Å². The third kappa shape index (κ3) is 5.31. The maximum atomic E-state index is 12.1. The number of hydrogen-bond donors (Lipinski definition) is 2. The van der Waals surface area contributed by atoms with E-state index in [4.69, 9.17) is 5.73 Å². The SMILES string of the molecule is Cc1cc(N)nc(C)c1CNc1ncnc2nn(Cc3ccc(Cn4ccc(C(=O)N(C)C)n4)cc3)cc12. The molecule has 0 saturated carbocycles. The number of fused-ring (bicyclic) bond motifs is 1. The largest absolute Gasteiger partial charge is 0.384 e. The minimum absolute atomic E-state index is 0.110. The van der Waals surface area contributed by atoms with Crippen molar-refractivity contribution in [3.05, 3.63) is 88.8 Å². The van der Waals surface area contributed by atoms with Gasteiger partial charge in [0, 0.05) is 38.7 Å². The van der Waals surface area contributed by atoms with E-state index < -0.39 is 0 Å². The molecule has 0 unspecified atom stereocenters. The standard InChI is InChI=1S/C27H30N10O/c1-17-11-24(28)32-18(2)21(17)12-29-25-22-15-37(34-26(22)31-16-30-25)14-20-7-5-19(6-8-20)13-36-10-9-23(33-36)27(38)35(3)4/h5-11,15-16H,12-14H2,1-4H3,(H2,28,32)(H,29,30,31,34). The van der Waals surface area contributed by atoms with Gasteiger partial charge in [-0.25, -0.2) is 15.0 Å². The summed E-state index contributed by atoms with van der Waals surface area (Å²) >= 11 is 0. The summed E-state index contributed by atoms with van der Waals surface area (Å²) in [7, 11) is 3.43. The maximum absolute atomic E-state index is 12.1. The quantitative estimate of drug-likeness (QED) is 0.326. The zero-order chi connectivity index (χ0) is 26.8. The summed E-state index contributed by atoms with van der Waals surface area (Å²) < 4.78 is 3.63. The van der Waals surface area contributed by atoms with Crippen molar-refractivity contribution in [2.45, 2.75) is 33.5 Å². The van der Waals surface area contributed by atoms with E-state index in [0.717, 1.165) is 39.2 Å². The molecule has 0 radical (unpaired) electrons. The first-order chi connectivity index (χ1) is 18.3. The molecule has 5 aromatic rings. The van der Waals surface area contributed by atoms with Gasteiger partial charge in [-0.15, -0.1) is 0 Å². The fraction of sp³-hybridized carbons (Fsp3) is 0.259. The van der Waals surface area contributed by atoms with Crippen LogP contribution in [0.4, 0.5) is 11.6 Å². The Morgan fingerprint density at radius 3 is 2.39 bits per heavy atom. The summed E-state index contributed by atoms with van der Waals surface area (Å²) in [6.07, 6.45) is 5.29. The molecule has 3 N–H and O–H groups in total. The van der Waals surface area contributed by atoms with Crippen LogP contribution < -0.4 is 11.1 Å². The second kappa shape index (κ2) is 10.3. The lowest BCUT2D eigenvalue weighted by molar-refractivity contribution is 0.0821. The molecule has 11 nitrogen and oxygen atoms in total. The van der Waals surface area contributed by atoms with Crippen LogP contribution in [0, 0.1) is 13.8 Å². The molecule has 0 aliphatic heterocycles. The van der Waals surface area contributed by atoms with Crippen molar-refractivity contribution in [2.75, 3.05) is 25.1 Å². The first-order valence-corrected chi connectivity index (χ1v) is 12.2. The van der Waals surface area contributed by atoms with Crippen LogP contribution in [0.5, 0.6) is 0 Å². The molecule has 5 rings (SSSR count). The number of carbonyl (C=O) groups excluding carboxylic acids is 1. The third-order valence-electron chi connectivity index (χ3n) is 6.35. The van der Waals surface area contributed by atoms with Crippen LogP contribution in [0.25, 0.3) is 11.0 Å². The van der Waals surface area contributed by atoms with Crippen molar-refractivity contribution in [3.8, 4) is 0 Å². The molecule has 0 atom stereocenters. The van der Waals surface area contributed by atoms with Gasteiger partial charge in [0.2, 0.25) is 0 Å². The molecule has 0 saturated heterocycles. The van der Waals surface area contributed by atoms with Crippen molar-refractivity contribution in [3.63, 3.8) is 0 Å². The van der Waals surface area contributed by atoms with E-state index >= 15 is 0 Å². The fourth-order valence-corrected chi connectivity index (χ4v) is 4.35. The second-order valence-corrected chi connectivity index (χ2v) is 9.48. The summed E-state index contributed by atoms with van der Waals surface area (Å²) in [5.74, 6) is 1.13. The van der Waals surface area contributed by atoms with Gasteiger partial charge in [-0.3, -0.25) is 14.2 Å². The van der Waals surface area contributed by atoms with Gasteiger partial charge in [-0.2, -0.15) is 10.2 Å². The van der Waals surface area contributed by atoms with Gasteiger partial charge in [0.05, 0.1) is 18.5 Å². The first kappa shape index (κ1) is 24.9. The highest BCUT2D eigenvalue weighted by Gasteiger charge is 2.13. The highest BCUT2D eigenvalue weighted by Crippen LogP contribution is 2.21. The van der Waals surface area contributed by atoms with Gasteiger partial charge >= 0.3 is 0 Å². The summed E-state index contributed by atoms with van der Waals surface area (Å²) in [6, 6.07) is 11.9. The number of carbonyl (C=O) groups is 1. The van der Waals surface area contributed by atoms with Crippen LogP contribution in [0.1, 0.15) is 38.4 Å². The molecular weight excluding hydrogens is 480 g/mol. The maximum Gasteiger partial charge on any atom is 0.273 e. The minimum Gasteiger partial charge on any atom is -0.384 e. The molecule has 4 aromatic heterocycles. The molecule has 1 amide bonds. The number of nitrogens with two attached hydrogens (primary N) is 1. The Kier molecular flexibility index (Phi) is 6.73. The summed E-state index contributed by atoms with van der Waals surface area (Å²) in [6.45, 7) is 5.74. The van der Waals surface area contributed by atoms with Crippen molar-refractivity contribution in [1.29, 1.82) is 0 Å². The number of aryl methyl sites for hydroxylation is 2. The third-order valence-corrected chi connectivity index (χ3v) is 6.35. The number of nitrogens with one attached hydrogen (secondary N) is 1. The summed E-state index contributed by atoms with van der Waals surface area (Å²) in [4.78, 5) is 26.8. The van der Waals surface area contributed by atoms with Gasteiger partial charge in [0.25, 0.3) is 5.91 Å². The number of anilines is 2. The summed E-state index contributed by atoms with van der Waals surface area (Å²) in [5.41, 5.74) is 12.2. The molecule has 11 heteroatoms. The van der Waals surface area contributed by atoms with E-state index in [-0.39, 0.29) is 5.91 Å². The number of pyridine rings is 1. The van der Waals surface area contributed by atoms with Gasteiger partial charge in [-0.1, -0.05) is 24.3 Å². The van der Waals surface area contributed by atoms with Crippen LogP contribution in [-0.4, -0.2) is 59.4 Å². The van der Waals surface area contributed by atoms with E-state index in [1.54, 1.807) is 24.8 Å². The molecular formula is C27H30N10O. The lowest BCUT2D eigenvalue weighted by atomic mass is 10.1. The van der Waals surface area contributed by atoms with E-state index in [1.807, 2.05) is 37.0 Å². The highest BCUT2D eigenvalue weighted by atomic mass is 16.2. The average molecular weight is 511 g/mol. The van der Waals surface area contributed by atoms with Crippen LogP contribution in [0.2, 0.25) is 0 Å². The van der Waals surface area contributed by atoms with E-state index in [9.17, 15) is 4.79 Å². The van der Waals surface area contributed by atoms with E-state index in [2.05, 4.69) is 54.7 Å². The molecule has 194 valence electrons. The Bertz CT molecular complexity index is 1580. The van der Waals surface area contributed by atoms with Crippen LogP contribution in [0.3, 0.4) is 0 Å². The lowest BCUT2D eigenvalue weighted by Crippen LogP contribution is -2.22. The van der Waals surface area contributed by atoms with Crippen molar-refractivity contribution >= 4 is 28.6 Å². The Labute approximate surface area is 220 Å². The molecule has 0 aliphatic rings. The molecule has 0 fully saturated rings. The van der Waals surface area contributed by atoms with E-state index in [0.29, 0.717) is 36.8 Å². The normalized spacial score (nSPS) is 11.2. The van der Waals surface area contributed by atoms with E-state index in [1.165, 1.54) is 11.2 Å². The first-order valence-electron chi connectivity index (χ1n) is 12.2. The van der Waals surface area contributed by atoms with Gasteiger partial charge < -0.3 is 16.0 Å². The highest BCUT2D eigenvalue weighted by molar-refractivity contribution is 5.91. The number of aromatic nitrogens is 7. The summed E-state index contributed by atoms with van der Waals surface area (Å²) in [5, 5.41) is 13.3.